The first-order valence-electron chi connectivity index (χ1n) is 7.15. The monoisotopic (exact) mass is 386 g/mol. The highest BCUT2D eigenvalue weighted by Crippen LogP contribution is 2.18. The van der Waals surface area contributed by atoms with Gasteiger partial charge in [0.05, 0.1) is 4.90 Å². The molecule has 0 aliphatic heterocycles. The fourth-order valence-electron chi connectivity index (χ4n) is 1.99. The summed E-state index contributed by atoms with van der Waals surface area (Å²) in [5.74, 6) is -0.0281. The topological polar surface area (TPSA) is 138 Å². The summed E-state index contributed by atoms with van der Waals surface area (Å²) >= 11 is 0. The Kier molecular flexibility index (Phi) is 5.30. The molecule has 0 spiro atoms. The van der Waals surface area contributed by atoms with Gasteiger partial charge < -0.3 is 5.32 Å². The number of nitrogens with one attached hydrogen (secondary N) is 2. The van der Waals surface area contributed by atoms with Crippen LogP contribution >= 0.6 is 0 Å². The minimum absolute atomic E-state index is 0.0281. The van der Waals surface area contributed by atoms with Crippen LogP contribution in [0.25, 0.3) is 0 Å². The second kappa shape index (κ2) is 6.94. The molecular weight excluding hydrogens is 368 g/mol. The van der Waals surface area contributed by atoms with E-state index in [1.807, 2.05) is 0 Å². The first kappa shape index (κ1) is 19.1. The van der Waals surface area contributed by atoms with Gasteiger partial charge in [0.2, 0.25) is 5.95 Å². The van der Waals surface area contributed by atoms with Crippen molar-refractivity contribution in [1.29, 1.82) is 0 Å². The molecule has 2 aromatic rings. The molecule has 1 heterocycles. The normalized spacial score (nSPS) is 13.3. The second-order valence-electron chi connectivity index (χ2n) is 5.41. The Morgan fingerprint density at radius 3 is 2.00 bits per heavy atom. The van der Waals surface area contributed by atoms with Crippen LogP contribution in [-0.2, 0) is 20.1 Å². The predicted molar refractivity (Wildman–Crippen MR) is 93.4 cm³/mol. The lowest BCUT2D eigenvalue weighted by Crippen LogP contribution is -2.25. The highest BCUT2D eigenvalue weighted by Gasteiger charge is 2.18. The molecular formula is C14H18N4O5S2. The van der Waals surface area contributed by atoms with E-state index in [9.17, 15) is 16.8 Å². The number of aromatic nitrogens is 2. The smallest absolute Gasteiger partial charge is 0.285 e. The predicted octanol–water partition coefficient (Wildman–Crippen LogP) is 1.54. The van der Waals surface area contributed by atoms with E-state index in [-0.39, 0.29) is 10.8 Å². The average Bonchev–Trinajstić information content (AvgIpc) is 2.45. The van der Waals surface area contributed by atoms with Crippen LogP contribution in [0.3, 0.4) is 0 Å². The van der Waals surface area contributed by atoms with Crippen LogP contribution in [-0.4, -0.2) is 36.7 Å². The molecule has 2 rings (SSSR count). The first-order valence-corrected chi connectivity index (χ1v) is 10.1. The van der Waals surface area contributed by atoms with Crippen LogP contribution in [0.5, 0.6) is 0 Å². The molecule has 0 saturated carbocycles. The van der Waals surface area contributed by atoms with Crippen molar-refractivity contribution < 1.29 is 21.4 Å². The maximum atomic E-state index is 12.4. The molecule has 0 saturated heterocycles. The maximum Gasteiger partial charge on any atom is 0.285 e. The average molecular weight is 386 g/mol. The van der Waals surface area contributed by atoms with Crippen molar-refractivity contribution in [2.24, 2.45) is 0 Å². The molecule has 0 radical (unpaired) electrons. The van der Waals surface area contributed by atoms with Crippen molar-refractivity contribution >= 4 is 31.8 Å². The fraction of sp³-hybridized carbons (Fsp3) is 0.286. The van der Waals surface area contributed by atoms with E-state index in [1.165, 1.54) is 31.2 Å². The van der Waals surface area contributed by atoms with Crippen molar-refractivity contribution in [3.8, 4) is 0 Å². The van der Waals surface area contributed by atoms with Crippen molar-refractivity contribution in [2.75, 3.05) is 10.0 Å². The Balaban J connectivity index is 2.20. The molecule has 11 heteroatoms. The summed E-state index contributed by atoms with van der Waals surface area (Å²) in [6, 6.07) is 7.08. The summed E-state index contributed by atoms with van der Waals surface area (Å²) in [6.45, 7) is 4.71. The number of sulfonamides is 1. The number of hydrogen-bond acceptors (Lipinski definition) is 7. The molecule has 0 aliphatic carbocycles. The van der Waals surface area contributed by atoms with Crippen LogP contribution in [0.4, 0.5) is 11.6 Å². The Labute approximate surface area is 146 Å². The molecule has 1 atom stereocenters. The summed E-state index contributed by atoms with van der Waals surface area (Å²) in [5.41, 5.74) is 1.60. The third kappa shape index (κ3) is 5.11. The number of benzene rings is 1. The van der Waals surface area contributed by atoms with Gasteiger partial charge in [-0.15, -0.1) is 0 Å². The van der Waals surface area contributed by atoms with E-state index in [0.29, 0.717) is 17.1 Å². The van der Waals surface area contributed by atoms with E-state index in [0.717, 1.165) is 0 Å². The highest BCUT2D eigenvalue weighted by atomic mass is 32.2. The van der Waals surface area contributed by atoms with Gasteiger partial charge >= 0.3 is 0 Å². The molecule has 0 fully saturated rings. The molecule has 0 bridgehead atoms. The van der Waals surface area contributed by atoms with Crippen molar-refractivity contribution in [1.82, 2.24) is 9.97 Å². The molecule has 9 nitrogen and oxygen atoms in total. The summed E-state index contributed by atoms with van der Waals surface area (Å²) < 4.78 is 58.0. The zero-order chi connectivity index (χ0) is 18.8. The summed E-state index contributed by atoms with van der Waals surface area (Å²) in [6.07, 6.45) is 0. The van der Waals surface area contributed by atoms with E-state index >= 15 is 0 Å². The molecule has 136 valence electrons. The van der Waals surface area contributed by atoms with Gasteiger partial charge in [-0.05, 0) is 51.1 Å². The Morgan fingerprint density at radius 2 is 1.52 bits per heavy atom. The quantitative estimate of drug-likeness (QED) is 0.636. The number of anilines is 2. The number of rotatable bonds is 6. The van der Waals surface area contributed by atoms with Gasteiger partial charge in [-0.3, -0.25) is 4.55 Å². The molecule has 0 amide bonds. The van der Waals surface area contributed by atoms with Crippen LogP contribution < -0.4 is 10.0 Å². The Morgan fingerprint density at radius 1 is 1.00 bits per heavy atom. The van der Waals surface area contributed by atoms with Gasteiger partial charge in [0.1, 0.15) is 0 Å². The Bertz CT molecular complexity index is 953. The highest BCUT2D eigenvalue weighted by molar-refractivity contribution is 7.92. The lowest BCUT2D eigenvalue weighted by Gasteiger charge is -2.13. The van der Waals surface area contributed by atoms with Crippen LogP contribution in [0, 0.1) is 13.8 Å². The molecule has 1 aromatic carbocycles. The molecule has 1 aromatic heterocycles. The lowest BCUT2D eigenvalue weighted by molar-refractivity contribution is 0.475. The third-order valence-corrected chi connectivity index (χ3v) is 5.54. The van der Waals surface area contributed by atoms with Crippen molar-refractivity contribution in [3.63, 3.8) is 0 Å². The van der Waals surface area contributed by atoms with E-state index in [4.69, 9.17) is 4.55 Å². The van der Waals surface area contributed by atoms with Gasteiger partial charge in [-0.2, -0.15) is 8.42 Å². The third-order valence-electron chi connectivity index (χ3n) is 3.19. The number of aryl methyl sites for hydroxylation is 2. The molecule has 3 N–H and O–H groups in total. The van der Waals surface area contributed by atoms with E-state index < -0.39 is 25.5 Å². The van der Waals surface area contributed by atoms with Gasteiger partial charge in [0.25, 0.3) is 20.1 Å². The van der Waals surface area contributed by atoms with Crippen LogP contribution in [0.1, 0.15) is 18.3 Å². The zero-order valence-corrected chi connectivity index (χ0v) is 15.4. The Hall–Kier alpha value is -2.24. The minimum Gasteiger partial charge on any atom is -0.367 e. The summed E-state index contributed by atoms with van der Waals surface area (Å²) in [7, 11) is -8.14. The van der Waals surface area contributed by atoms with Gasteiger partial charge in [-0.1, -0.05) is 0 Å². The van der Waals surface area contributed by atoms with Gasteiger partial charge in [0, 0.05) is 17.1 Å². The summed E-state index contributed by atoms with van der Waals surface area (Å²) in [4.78, 5) is 8.00. The standard InChI is InChI=1S/C14H18N4O5S2/c1-9-8-10(2)16-14(15-9)18-24(19,20)13-6-4-12(5-7-13)17-11(3)25(21,22)23/h4-8,11,17H,1-3H3,(H,15,16,18)(H,21,22,23). The van der Waals surface area contributed by atoms with Crippen LogP contribution in [0.2, 0.25) is 0 Å². The first-order chi connectivity index (χ1) is 11.5. The molecule has 25 heavy (non-hydrogen) atoms. The SMILES string of the molecule is Cc1cc(C)nc(NS(=O)(=O)c2ccc(NC(C)S(=O)(=O)O)cc2)n1. The number of nitrogens with zero attached hydrogens (tertiary/aromatic N) is 2. The van der Waals surface area contributed by atoms with Gasteiger partial charge in [0.15, 0.2) is 5.37 Å². The van der Waals surface area contributed by atoms with Crippen molar-refractivity contribution in [2.45, 2.75) is 31.0 Å². The largest absolute Gasteiger partial charge is 0.367 e. The molecule has 0 aliphatic rings. The zero-order valence-electron chi connectivity index (χ0n) is 13.8. The maximum absolute atomic E-state index is 12.4. The fourth-order valence-corrected chi connectivity index (χ4v) is 3.22. The van der Waals surface area contributed by atoms with E-state index in [2.05, 4.69) is 20.0 Å². The minimum atomic E-state index is -4.25. The van der Waals surface area contributed by atoms with Crippen LogP contribution in [0.15, 0.2) is 35.2 Å². The van der Waals surface area contributed by atoms with E-state index in [1.54, 1.807) is 19.9 Å². The lowest BCUT2D eigenvalue weighted by atomic mass is 10.3. The van der Waals surface area contributed by atoms with Crippen molar-refractivity contribution in [3.05, 3.63) is 41.7 Å². The molecule has 1 unspecified atom stereocenters. The van der Waals surface area contributed by atoms with Gasteiger partial charge in [-0.25, -0.2) is 23.1 Å². The summed E-state index contributed by atoms with van der Waals surface area (Å²) in [5, 5.41) is 1.32. The second-order valence-corrected chi connectivity index (χ2v) is 8.83. The number of hydrogen-bond donors (Lipinski definition) is 3.